The number of Topliss-reactive ketones (excluding diaryl/α,β-unsaturated/α-hetero) is 1. The van der Waals surface area contributed by atoms with E-state index >= 15 is 0 Å². The average molecular weight is 444 g/mol. The van der Waals surface area contributed by atoms with Gasteiger partial charge < -0.3 is 15.6 Å². The van der Waals surface area contributed by atoms with E-state index in [1.807, 2.05) is 25.1 Å². The van der Waals surface area contributed by atoms with Crippen LogP contribution in [-0.4, -0.2) is 39.6 Å². The first kappa shape index (κ1) is 20.8. The number of ketones is 1. The summed E-state index contributed by atoms with van der Waals surface area (Å²) < 4.78 is 5.29. The first-order valence-electron chi connectivity index (χ1n) is 9.44. The van der Waals surface area contributed by atoms with Crippen molar-refractivity contribution in [3.8, 4) is 5.75 Å². The molecule has 1 aliphatic rings. The Bertz CT molecular complexity index is 1140. The number of aliphatic hydroxyl groups is 1. The molecule has 2 heterocycles. The molecule has 1 aliphatic carbocycles. The van der Waals surface area contributed by atoms with Crippen LogP contribution in [0.5, 0.6) is 5.75 Å². The van der Waals surface area contributed by atoms with Gasteiger partial charge in [-0.3, -0.25) is 9.59 Å². The number of benzene rings is 1. The van der Waals surface area contributed by atoms with E-state index in [1.54, 1.807) is 19.2 Å². The molecule has 0 spiro atoms. The molecule has 1 amide bonds. The second-order valence-corrected chi connectivity index (χ2v) is 9.29. The van der Waals surface area contributed by atoms with Crippen molar-refractivity contribution in [3.63, 3.8) is 0 Å². The number of aryl methyl sites for hydroxylation is 1. The quantitative estimate of drug-likeness (QED) is 0.312. The van der Waals surface area contributed by atoms with Crippen molar-refractivity contribution in [3.05, 3.63) is 45.9 Å². The third kappa shape index (κ3) is 3.80. The summed E-state index contributed by atoms with van der Waals surface area (Å²) in [7, 11) is 1.59. The normalized spacial score (nSPS) is 15.7. The molecule has 30 heavy (non-hydrogen) atoms. The maximum Gasteiger partial charge on any atom is 0.255 e. The standard InChI is InChI=1S/C21H21N3O4S2/c1-11-23-15-6-5-13(28-2)9-14(15)19(24-11)29-10-16(25)17-7-8-18(30-17)21(27,20(22)26)12-3-4-12/h5-9,12,27H,3-4,10H2,1-2H3,(H2,22,26)/t21-/m0/s1. The Morgan fingerprint density at radius 2 is 2.07 bits per heavy atom. The fraction of sp³-hybridized carbons (Fsp3) is 0.333. The first-order valence-corrected chi connectivity index (χ1v) is 11.2. The van der Waals surface area contributed by atoms with Crippen LogP contribution in [0.15, 0.2) is 35.4 Å². The van der Waals surface area contributed by atoms with Gasteiger partial charge in [0.2, 0.25) is 0 Å². The van der Waals surface area contributed by atoms with Gasteiger partial charge in [0, 0.05) is 16.2 Å². The van der Waals surface area contributed by atoms with Crippen molar-refractivity contribution >= 4 is 45.7 Å². The van der Waals surface area contributed by atoms with Gasteiger partial charge in [0.05, 0.1) is 23.3 Å². The topological polar surface area (TPSA) is 115 Å². The minimum Gasteiger partial charge on any atom is -0.497 e. The third-order valence-electron chi connectivity index (χ3n) is 5.12. The molecule has 7 nitrogen and oxygen atoms in total. The Morgan fingerprint density at radius 1 is 1.30 bits per heavy atom. The zero-order valence-corrected chi connectivity index (χ0v) is 18.2. The summed E-state index contributed by atoms with van der Waals surface area (Å²) in [5.74, 6) is 0.439. The van der Waals surface area contributed by atoms with Crippen LogP contribution >= 0.6 is 23.1 Å². The third-order valence-corrected chi connectivity index (χ3v) is 7.36. The largest absolute Gasteiger partial charge is 0.497 e. The fourth-order valence-corrected chi connectivity index (χ4v) is 5.50. The van der Waals surface area contributed by atoms with Gasteiger partial charge in [-0.05, 0) is 50.1 Å². The summed E-state index contributed by atoms with van der Waals surface area (Å²) in [5.41, 5.74) is 4.56. The zero-order chi connectivity index (χ0) is 21.5. The van der Waals surface area contributed by atoms with Gasteiger partial charge >= 0.3 is 0 Å². The number of amides is 1. The molecule has 0 aliphatic heterocycles. The van der Waals surface area contributed by atoms with Gasteiger partial charge in [0.25, 0.3) is 5.91 Å². The lowest BCUT2D eigenvalue weighted by Gasteiger charge is -2.22. The van der Waals surface area contributed by atoms with E-state index in [0.717, 1.165) is 35.1 Å². The molecule has 4 rings (SSSR count). The van der Waals surface area contributed by atoms with E-state index < -0.39 is 11.5 Å². The summed E-state index contributed by atoms with van der Waals surface area (Å²) in [5, 5.41) is 12.3. The van der Waals surface area contributed by atoms with Crippen molar-refractivity contribution < 1.29 is 19.4 Å². The maximum atomic E-state index is 12.8. The second-order valence-electron chi connectivity index (χ2n) is 7.24. The molecule has 3 aromatic rings. The summed E-state index contributed by atoms with van der Waals surface area (Å²) in [4.78, 5) is 34.5. The number of rotatable bonds is 8. The summed E-state index contributed by atoms with van der Waals surface area (Å²) in [6.07, 6.45) is 1.50. The Hall–Kier alpha value is -2.49. The number of carbonyl (C=O) groups excluding carboxylic acids is 2. The highest BCUT2D eigenvalue weighted by Gasteiger charge is 2.50. The van der Waals surface area contributed by atoms with Crippen LogP contribution in [0.1, 0.15) is 33.2 Å². The molecule has 1 aromatic carbocycles. The molecule has 1 fully saturated rings. The molecule has 0 saturated heterocycles. The number of thiophene rings is 1. The van der Waals surface area contributed by atoms with Crippen molar-refractivity contribution in [1.29, 1.82) is 0 Å². The number of hydrogen-bond acceptors (Lipinski definition) is 8. The number of methoxy groups -OCH3 is 1. The van der Waals surface area contributed by atoms with E-state index in [4.69, 9.17) is 10.5 Å². The predicted octanol–water partition coefficient (Wildman–Crippen LogP) is 3.07. The molecule has 0 unspecified atom stereocenters. The van der Waals surface area contributed by atoms with E-state index in [9.17, 15) is 14.7 Å². The minimum atomic E-state index is -1.69. The number of thioether (sulfide) groups is 1. The maximum absolute atomic E-state index is 12.8. The van der Waals surface area contributed by atoms with E-state index in [0.29, 0.717) is 26.4 Å². The number of nitrogens with two attached hydrogens (primary N) is 1. The molecule has 2 aromatic heterocycles. The zero-order valence-electron chi connectivity index (χ0n) is 16.5. The highest BCUT2D eigenvalue weighted by atomic mass is 32.2. The lowest BCUT2D eigenvalue weighted by atomic mass is 9.95. The average Bonchev–Trinajstić information content (AvgIpc) is 3.47. The lowest BCUT2D eigenvalue weighted by Crippen LogP contribution is -2.42. The number of nitrogens with zero attached hydrogens (tertiary/aromatic N) is 2. The van der Waals surface area contributed by atoms with Gasteiger partial charge in [0.1, 0.15) is 16.6 Å². The second kappa shape index (κ2) is 7.98. The molecule has 3 N–H and O–H groups in total. The van der Waals surface area contributed by atoms with Gasteiger partial charge in [-0.15, -0.1) is 11.3 Å². The van der Waals surface area contributed by atoms with Crippen molar-refractivity contribution in [2.45, 2.75) is 30.4 Å². The SMILES string of the molecule is COc1ccc2nc(C)nc(SCC(=O)c3ccc([C@](O)(C(N)=O)C4CC4)s3)c2c1. The molecule has 9 heteroatoms. The molecule has 1 atom stereocenters. The Balaban J connectivity index is 1.55. The summed E-state index contributed by atoms with van der Waals surface area (Å²) in [6, 6.07) is 8.82. The van der Waals surface area contributed by atoms with Crippen molar-refractivity contribution in [2.75, 3.05) is 12.9 Å². The van der Waals surface area contributed by atoms with Crippen molar-refractivity contribution in [2.24, 2.45) is 11.7 Å². The number of primary amides is 1. The van der Waals surface area contributed by atoms with Crippen LogP contribution in [0.2, 0.25) is 0 Å². The summed E-state index contributed by atoms with van der Waals surface area (Å²) in [6.45, 7) is 1.81. The Kier molecular flexibility index (Phi) is 5.52. The fourth-order valence-electron chi connectivity index (χ4n) is 3.35. The Morgan fingerprint density at radius 3 is 2.73 bits per heavy atom. The molecule has 0 bridgehead atoms. The Labute approximate surface area is 181 Å². The molecular formula is C21H21N3O4S2. The number of ether oxygens (including phenoxy) is 1. The van der Waals surface area contributed by atoms with Gasteiger partial charge in [0.15, 0.2) is 11.4 Å². The van der Waals surface area contributed by atoms with Crippen LogP contribution in [0.4, 0.5) is 0 Å². The van der Waals surface area contributed by atoms with Gasteiger partial charge in [-0.2, -0.15) is 0 Å². The van der Waals surface area contributed by atoms with Crippen LogP contribution in [0, 0.1) is 12.8 Å². The number of hydrogen-bond donors (Lipinski definition) is 2. The summed E-state index contributed by atoms with van der Waals surface area (Å²) >= 11 is 2.45. The smallest absolute Gasteiger partial charge is 0.255 e. The number of fused-ring (bicyclic) bond motifs is 1. The lowest BCUT2D eigenvalue weighted by molar-refractivity contribution is -0.139. The molecule has 0 radical (unpaired) electrons. The predicted molar refractivity (Wildman–Crippen MR) is 116 cm³/mol. The molecule has 156 valence electrons. The highest BCUT2D eigenvalue weighted by Crippen LogP contribution is 2.47. The van der Waals surface area contributed by atoms with Gasteiger partial charge in [-0.25, -0.2) is 9.97 Å². The van der Waals surface area contributed by atoms with E-state index in [2.05, 4.69) is 9.97 Å². The molecular weight excluding hydrogens is 422 g/mol. The highest BCUT2D eigenvalue weighted by molar-refractivity contribution is 8.00. The van der Waals surface area contributed by atoms with Crippen LogP contribution in [-0.2, 0) is 10.4 Å². The van der Waals surface area contributed by atoms with E-state index in [1.165, 1.54) is 11.8 Å². The van der Waals surface area contributed by atoms with Crippen LogP contribution < -0.4 is 10.5 Å². The molecule has 1 saturated carbocycles. The number of carbonyl (C=O) groups is 2. The minimum absolute atomic E-state index is 0.105. The van der Waals surface area contributed by atoms with Crippen LogP contribution in [0.3, 0.4) is 0 Å². The first-order chi connectivity index (χ1) is 14.3. The van der Waals surface area contributed by atoms with Gasteiger partial charge in [-0.1, -0.05) is 11.8 Å². The monoisotopic (exact) mass is 443 g/mol. The van der Waals surface area contributed by atoms with E-state index in [-0.39, 0.29) is 17.5 Å². The number of aromatic nitrogens is 2. The van der Waals surface area contributed by atoms with Crippen LogP contribution in [0.25, 0.3) is 10.9 Å². The van der Waals surface area contributed by atoms with Crippen molar-refractivity contribution in [1.82, 2.24) is 9.97 Å².